The van der Waals surface area contributed by atoms with Crippen LogP contribution in [0.25, 0.3) is 0 Å². The number of carbonyl (C=O) groups excluding carboxylic acids is 2. The van der Waals surface area contributed by atoms with Crippen LogP contribution in [0, 0.1) is 19.8 Å². The molecule has 2 aliphatic heterocycles. The van der Waals surface area contributed by atoms with E-state index in [1.165, 1.54) is 0 Å². The first-order valence-corrected chi connectivity index (χ1v) is 15.6. The maximum atomic E-state index is 13.9. The lowest BCUT2D eigenvalue weighted by atomic mass is 9.85. The van der Waals surface area contributed by atoms with Crippen LogP contribution in [0.4, 0.5) is 4.79 Å². The molecule has 4 rings (SSSR count). The minimum atomic E-state index is -0.925. The molecule has 1 unspecified atom stereocenters. The van der Waals surface area contributed by atoms with E-state index < -0.39 is 11.7 Å². The Hall–Kier alpha value is -2.55. The van der Waals surface area contributed by atoms with Crippen molar-refractivity contribution in [1.82, 2.24) is 14.8 Å². The van der Waals surface area contributed by atoms with Crippen molar-refractivity contribution < 1.29 is 24.2 Å². The number of amides is 2. The number of pyridine rings is 1. The quantitative estimate of drug-likeness (QED) is 0.318. The molecule has 8 nitrogen and oxygen atoms in total. The van der Waals surface area contributed by atoms with Crippen LogP contribution < -0.4 is 4.74 Å². The fourth-order valence-electron chi connectivity index (χ4n) is 5.65. The van der Waals surface area contributed by atoms with Gasteiger partial charge in [-0.15, -0.1) is 0 Å². The average molecular weight is 621 g/mol. The second-order valence-corrected chi connectivity index (χ2v) is 13.2. The van der Waals surface area contributed by atoms with Crippen LogP contribution in [0.1, 0.15) is 97.8 Å². The molecule has 10 heteroatoms. The Labute approximate surface area is 259 Å². The third kappa shape index (κ3) is 7.32. The van der Waals surface area contributed by atoms with E-state index in [2.05, 4.69) is 11.9 Å². The number of aliphatic hydroxyl groups is 1. The fourth-order valence-corrected chi connectivity index (χ4v) is 6.31. The molecule has 2 aliphatic rings. The number of carbonyl (C=O) groups is 2. The molecule has 0 bridgehead atoms. The van der Waals surface area contributed by atoms with Gasteiger partial charge in [0.15, 0.2) is 0 Å². The normalized spacial score (nSPS) is 16.8. The minimum absolute atomic E-state index is 0.144. The first-order valence-electron chi connectivity index (χ1n) is 14.9. The molecule has 0 aliphatic carbocycles. The molecule has 1 aromatic carbocycles. The largest absolute Gasteiger partial charge is 0.477 e. The Morgan fingerprint density at radius 3 is 2.50 bits per heavy atom. The van der Waals surface area contributed by atoms with E-state index in [-0.39, 0.29) is 22.9 Å². The van der Waals surface area contributed by atoms with E-state index in [9.17, 15) is 14.7 Å². The Balaban J connectivity index is 1.53. The van der Waals surface area contributed by atoms with Gasteiger partial charge in [0.25, 0.3) is 5.91 Å². The molecule has 1 atom stereocenters. The van der Waals surface area contributed by atoms with Gasteiger partial charge in [-0.25, -0.2) is 9.78 Å². The second kappa shape index (κ2) is 13.4. The number of hydrogen-bond donors (Lipinski definition) is 1. The zero-order chi connectivity index (χ0) is 30.8. The van der Waals surface area contributed by atoms with Gasteiger partial charge in [0.05, 0.1) is 29.8 Å². The number of fused-ring (bicyclic) bond motifs is 1. The Morgan fingerprint density at radius 1 is 1.17 bits per heavy atom. The highest BCUT2D eigenvalue weighted by Gasteiger charge is 2.36. The van der Waals surface area contributed by atoms with Crippen molar-refractivity contribution in [2.75, 3.05) is 26.2 Å². The van der Waals surface area contributed by atoms with Crippen LogP contribution in [0.3, 0.4) is 0 Å². The smallest absolute Gasteiger partial charge is 0.410 e. The Kier molecular flexibility index (Phi) is 10.3. The van der Waals surface area contributed by atoms with Gasteiger partial charge in [-0.2, -0.15) is 0 Å². The van der Waals surface area contributed by atoms with Gasteiger partial charge in [-0.3, -0.25) is 4.79 Å². The molecule has 0 spiro atoms. The number of halogens is 2. The van der Waals surface area contributed by atoms with Gasteiger partial charge in [-0.05, 0) is 89.5 Å². The number of aromatic nitrogens is 1. The lowest BCUT2D eigenvalue weighted by Crippen LogP contribution is -2.42. The summed E-state index contributed by atoms with van der Waals surface area (Å²) in [6.45, 7) is 13.9. The number of nitrogens with zero attached hydrogens (tertiary/aromatic N) is 3. The Morgan fingerprint density at radius 2 is 1.86 bits per heavy atom. The van der Waals surface area contributed by atoms with E-state index in [1.54, 1.807) is 15.9 Å². The van der Waals surface area contributed by atoms with E-state index in [4.69, 9.17) is 32.7 Å². The van der Waals surface area contributed by atoms with E-state index in [0.29, 0.717) is 79.6 Å². The standard InChI is InChI=1S/C32H43Cl2N3O5/c1-7-8-15-41-29-24(19(2)16-20(3)35-29)18-37-14-11-22-25(33)17-23(27(34)26(22)30(37)39)28(38)21-9-12-36(13-10-21)31(40)42-32(4,5)6/h16-17,21,28,38H,7-15,18H2,1-6H3. The first kappa shape index (κ1) is 32.4. The third-order valence-electron chi connectivity index (χ3n) is 7.96. The summed E-state index contributed by atoms with van der Waals surface area (Å²) in [6.07, 6.45) is 2.36. The van der Waals surface area contributed by atoms with Crippen LogP contribution in [-0.4, -0.2) is 63.7 Å². The van der Waals surface area contributed by atoms with Gasteiger partial charge >= 0.3 is 6.09 Å². The Bertz CT molecular complexity index is 1320. The van der Waals surface area contributed by atoms with Crippen LogP contribution in [0.2, 0.25) is 10.0 Å². The molecule has 1 saturated heterocycles. The first-order chi connectivity index (χ1) is 19.8. The van der Waals surface area contributed by atoms with Crippen molar-refractivity contribution in [3.63, 3.8) is 0 Å². The lowest BCUT2D eigenvalue weighted by Gasteiger charge is -2.36. The maximum Gasteiger partial charge on any atom is 0.410 e. The molecular weight excluding hydrogens is 577 g/mol. The van der Waals surface area contributed by atoms with Crippen molar-refractivity contribution in [1.29, 1.82) is 0 Å². The zero-order valence-electron chi connectivity index (χ0n) is 25.6. The van der Waals surface area contributed by atoms with Crippen LogP contribution in [0.5, 0.6) is 5.88 Å². The molecule has 1 aromatic heterocycles. The van der Waals surface area contributed by atoms with Crippen LogP contribution in [-0.2, 0) is 17.7 Å². The summed E-state index contributed by atoms with van der Waals surface area (Å²) in [6, 6.07) is 3.70. The number of ether oxygens (including phenoxy) is 2. The van der Waals surface area contributed by atoms with Gasteiger partial charge in [0.2, 0.25) is 5.88 Å². The predicted molar refractivity (Wildman–Crippen MR) is 165 cm³/mol. The van der Waals surface area contributed by atoms with Crippen molar-refractivity contribution >= 4 is 35.2 Å². The van der Waals surface area contributed by atoms with Gasteiger partial charge in [0.1, 0.15) is 5.60 Å². The highest BCUT2D eigenvalue weighted by Crippen LogP contribution is 2.41. The molecule has 3 heterocycles. The molecule has 42 heavy (non-hydrogen) atoms. The molecule has 230 valence electrons. The summed E-state index contributed by atoms with van der Waals surface area (Å²) in [5.41, 5.74) is 3.69. The lowest BCUT2D eigenvalue weighted by molar-refractivity contribution is 0.00763. The predicted octanol–water partition coefficient (Wildman–Crippen LogP) is 7.06. The number of aryl methyl sites for hydroxylation is 2. The average Bonchev–Trinajstić information content (AvgIpc) is 2.92. The van der Waals surface area contributed by atoms with Crippen LogP contribution in [0.15, 0.2) is 12.1 Å². The molecule has 0 saturated carbocycles. The summed E-state index contributed by atoms with van der Waals surface area (Å²) in [7, 11) is 0. The fraction of sp³-hybridized carbons (Fsp3) is 0.594. The summed E-state index contributed by atoms with van der Waals surface area (Å²) in [5, 5.41) is 12.1. The van der Waals surface area contributed by atoms with Gasteiger partial charge in [-0.1, -0.05) is 36.5 Å². The molecule has 2 aromatic rings. The maximum absolute atomic E-state index is 13.9. The monoisotopic (exact) mass is 619 g/mol. The highest BCUT2D eigenvalue weighted by atomic mass is 35.5. The van der Waals surface area contributed by atoms with Crippen molar-refractivity contribution in [2.45, 2.75) is 91.9 Å². The number of rotatable bonds is 8. The number of benzene rings is 1. The van der Waals surface area contributed by atoms with Gasteiger partial charge < -0.3 is 24.4 Å². The van der Waals surface area contributed by atoms with E-state index >= 15 is 0 Å². The molecular formula is C32H43Cl2N3O5. The van der Waals surface area contributed by atoms with E-state index in [1.807, 2.05) is 40.7 Å². The highest BCUT2D eigenvalue weighted by molar-refractivity contribution is 6.37. The van der Waals surface area contributed by atoms with Crippen molar-refractivity contribution in [3.8, 4) is 5.88 Å². The van der Waals surface area contributed by atoms with E-state index in [0.717, 1.165) is 29.7 Å². The summed E-state index contributed by atoms with van der Waals surface area (Å²) >= 11 is 13.6. The second-order valence-electron chi connectivity index (χ2n) is 12.4. The summed E-state index contributed by atoms with van der Waals surface area (Å²) < 4.78 is 11.5. The minimum Gasteiger partial charge on any atom is -0.477 e. The third-order valence-corrected chi connectivity index (χ3v) is 8.70. The van der Waals surface area contributed by atoms with Gasteiger partial charge in [0, 0.05) is 41.5 Å². The number of piperidine rings is 1. The number of likely N-dealkylation sites (tertiary alicyclic amines) is 1. The molecule has 0 radical (unpaired) electrons. The van der Waals surface area contributed by atoms with Crippen molar-refractivity contribution in [2.24, 2.45) is 5.92 Å². The summed E-state index contributed by atoms with van der Waals surface area (Å²) in [5.74, 6) is 0.191. The molecule has 1 N–H and O–H groups in total. The SMILES string of the molecule is CCCCOc1nc(C)cc(C)c1CN1CCc2c(Cl)cc(C(O)C3CCN(C(=O)OC(C)(C)C)CC3)c(Cl)c2C1=O. The topological polar surface area (TPSA) is 92.2 Å². The molecule has 1 fully saturated rings. The molecule has 2 amide bonds. The number of unbranched alkanes of at least 4 members (excludes halogenated alkanes) is 1. The summed E-state index contributed by atoms with van der Waals surface area (Å²) in [4.78, 5) is 34.4. The number of hydrogen-bond acceptors (Lipinski definition) is 6. The zero-order valence-corrected chi connectivity index (χ0v) is 27.1. The van der Waals surface area contributed by atoms with Crippen LogP contribution >= 0.6 is 23.2 Å². The van der Waals surface area contributed by atoms with Crippen molar-refractivity contribution in [3.05, 3.63) is 55.7 Å². The number of aliphatic hydroxyl groups excluding tert-OH is 1.